The first kappa shape index (κ1) is 17.2. The number of aromatic amines is 1. The summed E-state index contributed by atoms with van der Waals surface area (Å²) in [4.78, 5) is 12.9. The van der Waals surface area contributed by atoms with Gasteiger partial charge in [0.2, 0.25) is 0 Å². The lowest BCUT2D eigenvalue weighted by Crippen LogP contribution is -2.41. The Morgan fingerprint density at radius 2 is 2.12 bits per heavy atom. The van der Waals surface area contributed by atoms with Crippen molar-refractivity contribution in [2.75, 3.05) is 6.54 Å². The highest BCUT2D eigenvalue weighted by atomic mass is 32.1. The minimum Gasteiger partial charge on any atom is -0.347 e. The van der Waals surface area contributed by atoms with Crippen molar-refractivity contribution in [3.63, 3.8) is 0 Å². The van der Waals surface area contributed by atoms with Gasteiger partial charge >= 0.3 is 0 Å². The molecule has 2 heterocycles. The fourth-order valence-electron chi connectivity index (χ4n) is 2.42. The summed E-state index contributed by atoms with van der Waals surface area (Å²) in [6.45, 7) is 0.185. The molecule has 0 radical (unpaired) electrons. The second-order valence-electron chi connectivity index (χ2n) is 5.55. The van der Waals surface area contributed by atoms with Crippen molar-refractivity contribution in [3.8, 4) is 11.1 Å². The maximum atomic E-state index is 13.3. The predicted octanol–water partition coefficient (Wildman–Crippen LogP) is 2.72. The smallest absolute Gasteiger partial charge is 0.261 e. The van der Waals surface area contributed by atoms with Crippen LogP contribution in [-0.2, 0) is 6.42 Å². The minimum absolute atomic E-state index is 0.185. The van der Waals surface area contributed by atoms with Gasteiger partial charge in [-0.15, -0.1) is 11.3 Å². The molecule has 1 aromatic carbocycles. The van der Waals surface area contributed by atoms with Crippen molar-refractivity contribution in [1.82, 2.24) is 15.5 Å². The lowest BCUT2D eigenvalue weighted by molar-refractivity contribution is 0.0942. The van der Waals surface area contributed by atoms with Gasteiger partial charge in [0.25, 0.3) is 5.91 Å². The average molecular weight is 362 g/mol. The standard InChI is InChI=1S/C17H16F2N4OS/c18-14-2-1-10(4-15(14)19)3-13(6-20)23-17(24)16-5-11(9-25-16)12-7-21-22-8-12/h1-2,4-5,7-9,13H,3,6,20H2,(H,21,22)(H,23,24)/t13-/m0/s1. The predicted molar refractivity (Wildman–Crippen MR) is 92.3 cm³/mol. The number of amides is 1. The molecule has 0 saturated carbocycles. The van der Waals surface area contributed by atoms with E-state index in [0.717, 1.165) is 23.3 Å². The van der Waals surface area contributed by atoms with Crippen molar-refractivity contribution in [2.45, 2.75) is 12.5 Å². The number of carbonyl (C=O) groups is 1. The van der Waals surface area contributed by atoms with Crippen molar-refractivity contribution in [1.29, 1.82) is 0 Å². The minimum atomic E-state index is -0.914. The molecule has 0 saturated heterocycles. The van der Waals surface area contributed by atoms with Crippen molar-refractivity contribution >= 4 is 17.2 Å². The Bertz CT molecular complexity index is 863. The molecule has 0 fully saturated rings. The first-order valence-corrected chi connectivity index (χ1v) is 8.47. The van der Waals surface area contributed by atoms with Gasteiger partial charge in [-0.3, -0.25) is 9.89 Å². The summed E-state index contributed by atoms with van der Waals surface area (Å²) >= 11 is 1.31. The molecule has 130 valence electrons. The number of hydrogen-bond acceptors (Lipinski definition) is 4. The van der Waals surface area contributed by atoms with Crippen molar-refractivity contribution < 1.29 is 13.6 Å². The van der Waals surface area contributed by atoms with E-state index >= 15 is 0 Å². The summed E-state index contributed by atoms with van der Waals surface area (Å²) in [7, 11) is 0. The number of nitrogens with one attached hydrogen (secondary N) is 2. The third kappa shape index (κ3) is 4.09. The molecule has 0 bridgehead atoms. The highest BCUT2D eigenvalue weighted by Gasteiger charge is 2.16. The third-order valence-electron chi connectivity index (χ3n) is 3.74. The van der Waals surface area contributed by atoms with Gasteiger partial charge in [0.05, 0.1) is 11.1 Å². The quantitative estimate of drug-likeness (QED) is 0.630. The number of hydrogen-bond donors (Lipinski definition) is 3. The summed E-state index contributed by atoms with van der Waals surface area (Å²) < 4.78 is 26.3. The number of H-pyrrole nitrogens is 1. The third-order valence-corrected chi connectivity index (χ3v) is 4.67. The summed E-state index contributed by atoms with van der Waals surface area (Å²) in [5.74, 6) is -2.07. The number of benzene rings is 1. The van der Waals surface area contributed by atoms with Crippen LogP contribution < -0.4 is 11.1 Å². The van der Waals surface area contributed by atoms with Crippen LogP contribution in [0.15, 0.2) is 42.0 Å². The van der Waals surface area contributed by atoms with E-state index in [1.165, 1.54) is 17.4 Å². The molecule has 1 atom stereocenters. The van der Waals surface area contributed by atoms with Gasteiger partial charge in [0.15, 0.2) is 11.6 Å². The first-order chi connectivity index (χ1) is 12.1. The Balaban J connectivity index is 1.66. The van der Waals surface area contributed by atoms with Crippen LogP contribution in [0, 0.1) is 11.6 Å². The number of thiophene rings is 1. The van der Waals surface area contributed by atoms with Gasteiger partial charge in [-0.05, 0) is 41.1 Å². The number of halogens is 2. The molecule has 0 spiro atoms. The molecule has 0 aliphatic carbocycles. The molecular formula is C17H16F2N4OS. The van der Waals surface area contributed by atoms with Gasteiger partial charge in [-0.25, -0.2) is 8.78 Å². The van der Waals surface area contributed by atoms with E-state index in [9.17, 15) is 13.6 Å². The highest BCUT2D eigenvalue weighted by Crippen LogP contribution is 2.24. The first-order valence-electron chi connectivity index (χ1n) is 7.59. The highest BCUT2D eigenvalue weighted by molar-refractivity contribution is 7.12. The second kappa shape index (κ2) is 7.54. The van der Waals surface area contributed by atoms with Gasteiger partial charge in [0.1, 0.15) is 0 Å². The van der Waals surface area contributed by atoms with Crippen LogP contribution in [-0.4, -0.2) is 28.7 Å². The van der Waals surface area contributed by atoms with Crippen LogP contribution in [0.1, 0.15) is 15.2 Å². The summed E-state index contributed by atoms with van der Waals surface area (Å²) in [6.07, 6.45) is 3.74. The molecule has 5 nitrogen and oxygen atoms in total. The Morgan fingerprint density at radius 3 is 2.80 bits per heavy atom. The monoisotopic (exact) mass is 362 g/mol. The molecule has 4 N–H and O–H groups in total. The maximum Gasteiger partial charge on any atom is 0.261 e. The number of carbonyl (C=O) groups excluding carboxylic acids is 1. The zero-order valence-electron chi connectivity index (χ0n) is 13.1. The summed E-state index contributed by atoms with van der Waals surface area (Å²) in [6, 6.07) is 5.06. The zero-order valence-corrected chi connectivity index (χ0v) is 13.9. The van der Waals surface area contributed by atoms with E-state index in [1.54, 1.807) is 18.5 Å². The van der Waals surface area contributed by atoms with E-state index in [4.69, 9.17) is 5.73 Å². The summed E-state index contributed by atoms with van der Waals surface area (Å²) in [5.41, 5.74) is 8.07. The lowest BCUT2D eigenvalue weighted by Gasteiger charge is -2.16. The van der Waals surface area contributed by atoms with E-state index in [-0.39, 0.29) is 18.5 Å². The molecule has 3 rings (SSSR count). The lowest BCUT2D eigenvalue weighted by atomic mass is 10.1. The molecule has 25 heavy (non-hydrogen) atoms. The topological polar surface area (TPSA) is 83.8 Å². The molecule has 2 aromatic heterocycles. The van der Waals surface area contributed by atoms with Crippen LogP contribution in [0.5, 0.6) is 0 Å². The zero-order chi connectivity index (χ0) is 17.8. The van der Waals surface area contributed by atoms with E-state index in [0.29, 0.717) is 16.9 Å². The Hall–Kier alpha value is -2.58. The normalized spacial score (nSPS) is 12.1. The molecule has 8 heteroatoms. The Kier molecular flexibility index (Phi) is 5.20. The average Bonchev–Trinajstić information content (AvgIpc) is 3.28. The van der Waals surface area contributed by atoms with Crippen LogP contribution in [0.3, 0.4) is 0 Å². The van der Waals surface area contributed by atoms with E-state index < -0.39 is 11.6 Å². The summed E-state index contributed by atoms with van der Waals surface area (Å²) in [5, 5.41) is 11.3. The SMILES string of the molecule is NC[C@H](Cc1ccc(F)c(F)c1)NC(=O)c1cc(-c2cn[nH]c2)cs1. The molecule has 1 amide bonds. The molecule has 3 aromatic rings. The van der Waals surface area contributed by atoms with Crippen LogP contribution in [0.25, 0.3) is 11.1 Å². The Morgan fingerprint density at radius 1 is 1.28 bits per heavy atom. The van der Waals surface area contributed by atoms with Gasteiger partial charge in [-0.2, -0.15) is 5.10 Å². The molecule has 0 unspecified atom stereocenters. The number of aromatic nitrogens is 2. The van der Waals surface area contributed by atoms with Gasteiger partial charge < -0.3 is 11.1 Å². The van der Waals surface area contributed by atoms with Crippen LogP contribution in [0.2, 0.25) is 0 Å². The van der Waals surface area contributed by atoms with E-state index in [2.05, 4.69) is 15.5 Å². The fraction of sp³-hybridized carbons (Fsp3) is 0.176. The second-order valence-corrected chi connectivity index (χ2v) is 6.46. The molecular weight excluding hydrogens is 346 g/mol. The van der Waals surface area contributed by atoms with Gasteiger partial charge in [-0.1, -0.05) is 6.07 Å². The number of nitrogens with two attached hydrogens (primary N) is 1. The number of rotatable bonds is 6. The number of nitrogens with zero attached hydrogens (tertiary/aromatic N) is 1. The van der Waals surface area contributed by atoms with Gasteiger partial charge in [0, 0.05) is 24.3 Å². The van der Waals surface area contributed by atoms with Crippen LogP contribution in [0.4, 0.5) is 8.78 Å². The van der Waals surface area contributed by atoms with Crippen molar-refractivity contribution in [2.24, 2.45) is 5.73 Å². The Labute approximate surface area is 146 Å². The van der Waals surface area contributed by atoms with E-state index in [1.807, 2.05) is 5.38 Å². The largest absolute Gasteiger partial charge is 0.347 e. The maximum absolute atomic E-state index is 13.3. The van der Waals surface area contributed by atoms with Crippen molar-refractivity contribution in [3.05, 3.63) is 64.1 Å². The molecule has 0 aliphatic rings. The van der Waals surface area contributed by atoms with Crippen LogP contribution >= 0.6 is 11.3 Å². The molecule has 0 aliphatic heterocycles. The fourth-order valence-corrected chi connectivity index (χ4v) is 3.24.